The first-order chi connectivity index (χ1) is 9.36. The minimum absolute atomic E-state index is 0.131. The lowest BCUT2D eigenvalue weighted by molar-refractivity contribution is -0.116. The summed E-state index contributed by atoms with van der Waals surface area (Å²) in [4.78, 5) is 11.7. The number of hydrogen-bond donors (Lipinski definition) is 2. The van der Waals surface area contributed by atoms with Crippen molar-refractivity contribution in [3.05, 3.63) is 40.5 Å². The van der Waals surface area contributed by atoms with Crippen LogP contribution in [-0.2, 0) is 11.3 Å². The third-order valence-corrected chi connectivity index (χ3v) is 3.43. The highest BCUT2D eigenvalue weighted by atomic mass is 35.5. The number of allylic oxidation sites excluding steroid dienone is 1. The molecule has 20 heavy (non-hydrogen) atoms. The maximum atomic E-state index is 11.7. The van der Waals surface area contributed by atoms with Crippen LogP contribution in [-0.4, -0.2) is 18.2 Å². The van der Waals surface area contributed by atoms with Crippen LogP contribution in [0.5, 0.6) is 5.75 Å². The van der Waals surface area contributed by atoms with Crippen molar-refractivity contribution >= 4 is 22.7 Å². The Morgan fingerprint density at radius 1 is 1.45 bits per heavy atom. The van der Waals surface area contributed by atoms with Gasteiger partial charge in [0.25, 0.3) is 0 Å². The molecule has 0 aromatic heterocycles. The molecule has 1 aromatic rings. The summed E-state index contributed by atoms with van der Waals surface area (Å²) < 4.78 is 5.27. The number of ether oxygens (including phenoxy) is 1. The third kappa shape index (κ3) is 4.10. The highest BCUT2D eigenvalue weighted by Gasteiger charge is 2.09. The molecular weight excluding hydrogens is 276 g/mol. The van der Waals surface area contributed by atoms with Crippen molar-refractivity contribution in [1.29, 1.82) is 5.41 Å². The van der Waals surface area contributed by atoms with Gasteiger partial charge in [-0.15, -0.1) is 0 Å². The number of carbonyl (C=O) groups excluding carboxylic acids is 1. The fourth-order valence-electron chi connectivity index (χ4n) is 1.85. The number of methoxy groups -OCH3 is 1. The Morgan fingerprint density at radius 2 is 2.10 bits per heavy atom. The molecule has 0 unspecified atom stereocenters. The van der Waals surface area contributed by atoms with Gasteiger partial charge in [0.05, 0.1) is 7.11 Å². The quantitative estimate of drug-likeness (QED) is 0.647. The van der Waals surface area contributed by atoms with Gasteiger partial charge in [-0.05, 0) is 49.1 Å². The van der Waals surface area contributed by atoms with E-state index in [1.165, 1.54) is 6.08 Å². The molecule has 0 radical (unpaired) electrons. The summed E-state index contributed by atoms with van der Waals surface area (Å²) in [5, 5.41) is 9.87. The zero-order chi connectivity index (χ0) is 15.3. The Bertz CT molecular complexity index is 565. The molecule has 1 amide bonds. The van der Waals surface area contributed by atoms with E-state index in [9.17, 15) is 4.79 Å². The zero-order valence-corrected chi connectivity index (χ0v) is 12.9. The van der Waals surface area contributed by atoms with Gasteiger partial charge in [0.15, 0.2) is 0 Å². The summed E-state index contributed by atoms with van der Waals surface area (Å²) in [5.41, 5.74) is 3.57. The van der Waals surface area contributed by atoms with E-state index in [1.807, 2.05) is 26.0 Å². The molecule has 0 spiro atoms. The molecule has 5 heteroatoms. The van der Waals surface area contributed by atoms with E-state index in [4.69, 9.17) is 21.7 Å². The molecule has 108 valence electrons. The molecule has 0 saturated heterocycles. The molecule has 0 aliphatic heterocycles. The second-order valence-electron chi connectivity index (χ2n) is 4.55. The Kier molecular flexibility index (Phi) is 5.77. The Balaban J connectivity index is 2.83. The fraction of sp³-hybridized carbons (Fsp3) is 0.333. The Morgan fingerprint density at radius 3 is 2.65 bits per heavy atom. The molecule has 0 saturated carbocycles. The number of halogens is 1. The topological polar surface area (TPSA) is 62.2 Å². The van der Waals surface area contributed by atoms with Crippen LogP contribution in [0.1, 0.15) is 23.6 Å². The first-order valence-corrected chi connectivity index (χ1v) is 6.58. The predicted molar refractivity (Wildman–Crippen MR) is 81.7 cm³/mol. The molecule has 2 N–H and O–H groups in total. The molecule has 0 atom stereocenters. The van der Waals surface area contributed by atoms with E-state index < -0.39 is 0 Å². The number of nitrogens with one attached hydrogen (secondary N) is 2. The first kappa shape index (κ1) is 16.2. The first-order valence-electron chi connectivity index (χ1n) is 6.20. The normalized spacial score (nSPS) is 11.2. The maximum Gasteiger partial charge on any atom is 0.244 e. The van der Waals surface area contributed by atoms with Crippen molar-refractivity contribution in [3.8, 4) is 5.75 Å². The van der Waals surface area contributed by atoms with Gasteiger partial charge in [0.2, 0.25) is 5.91 Å². The van der Waals surface area contributed by atoms with Gasteiger partial charge < -0.3 is 10.1 Å². The minimum Gasteiger partial charge on any atom is -0.496 e. The maximum absolute atomic E-state index is 11.7. The third-order valence-electron chi connectivity index (χ3n) is 3.14. The van der Waals surface area contributed by atoms with Crippen molar-refractivity contribution in [2.24, 2.45) is 0 Å². The van der Waals surface area contributed by atoms with Crippen LogP contribution < -0.4 is 10.1 Å². The van der Waals surface area contributed by atoms with Gasteiger partial charge in [-0.25, -0.2) is 0 Å². The predicted octanol–water partition coefficient (Wildman–Crippen LogP) is 3.09. The number of benzene rings is 1. The molecular formula is C15H19ClN2O2. The Labute approximate surface area is 124 Å². The summed E-state index contributed by atoms with van der Waals surface area (Å²) in [7, 11) is 1.62. The van der Waals surface area contributed by atoms with E-state index in [-0.39, 0.29) is 11.1 Å². The van der Waals surface area contributed by atoms with Crippen LogP contribution in [0.15, 0.2) is 23.8 Å². The van der Waals surface area contributed by atoms with Crippen molar-refractivity contribution < 1.29 is 9.53 Å². The molecule has 1 aromatic carbocycles. The van der Waals surface area contributed by atoms with Gasteiger partial charge in [-0.1, -0.05) is 17.7 Å². The minimum atomic E-state index is -0.269. The standard InChI is InChI=1S/C15H19ClN2O2/c1-9-5-6-13(20-4)11(3)12(9)8-18-14(19)7-10(2)15(16)17/h5-7,17H,8H2,1-4H3,(H,18,19)/b10-7-,17-15?. The number of amides is 1. The van der Waals surface area contributed by atoms with Crippen LogP contribution in [0.25, 0.3) is 0 Å². The number of rotatable bonds is 5. The van der Waals surface area contributed by atoms with Crippen LogP contribution in [0.3, 0.4) is 0 Å². The van der Waals surface area contributed by atoms with E-state index in [0.29, 0.717) is 12.1 Å². The van der Waals surface area contributed by atoms with E-state index in [1.54, 1.807) is 14.0 Å². The number of aryl methyl sites for hydroxylation is 1. The summed E-state index contributed by atoms with van der Waals surface area (Å²) in [5.74, 6) is 0.531. The van der Waals surface area contributed by atoms with E-state index in [2.05, 4.69) is 5.32 Å². The summed E-state index contributed by atoms with van der Waals surface area (Å²) in [6, 6.07) is 3.87. The van der Waals surface area contributed by atoms with Crippen LogP contribution in [0, 0.1) is 19.3 Å². The van der Waals surface area contributed by atoms with Crippen molar-refractivity contribution in [3.63, 3.8) is 0 Å². The average molecular weight is 295 g/mol. The lowest BCUT2D eigenvalue weighted by Gasteiger charge is -2.13. The van der Waals surface area contributed by atoms with Crippen molar-refractivity contribution in [2.75, 3.05) is 7.11 Å². The lowest BCUT2D eigenvalue weighted by atomic mass is 10.0. The summed E-state index contributed by atoms with van der Waals surface area (Å²) >= 11 is 5.50. The van der Waals surface area contributed by atoms with Gasteiger partial charge in [0, 0.05) is 12.6 Å². The van der Waals surface area contributed by atoms with E-state index >= 15 is 0 Å². The molecule has 0 bridgehead atoms. The second-order valence-corrected chi connectivity index (χ2v) is 4.93. The molecule has 0 aliphatic rings. The van der Waals surface area contributed by atoms with Crippen LogP contribution in [0.2, 0.25) is 0 Å². The monoisotopic (exact) mass is 294 g/mol. The van der Waals surface area contributed by atoms with Crippen LogP contribution in [0.4, 0.5) is 0 Å². The molecule has 0 aliphatic carbocycles. The molecule has 0 fully saturated rings. The van der Waals surface area contributed by atoms with E-state index in [0.717, 1.165) is 22.4 Å². The molecule has 4 nitrogen and oxygen atoms in total. The largest absolute Gasteiger partial charge is 0.496 e. The van der Waals surface area contributed by atoms with Crippen LogP contribution >= 0.6 is 11.6 Å². The zero-order valence-electron chi connectivity index (χ0n) is 12.1. The van der Waals surface area contributed by atoms with Gasteiger partial charge in [0.1, 0.15) is 10.9 Å². The van der Waals surface area contributed by atoms with Crippen molar-refractivity contribution in [1.82, 2.24) is 5.32 Å². The van der Waals surface area contributed by atoms with Gasteiger partial charge in [-0.3, -0.25) is 10.2 Å². The average Bonchev–Trinajstić information content (AvgIpc) is 2.38. The smallest absolute Gasteiger partial charge is 0.244 e. The Hall–Kier alpha value is -1.81. The summed E-state index contributed by atoms with van der Waals surface area (Å²) in [6.07, 6.45) is 1.32. The van der Waals surface area contributed by atoms with Gasteiger partial charge >= 0.3 is 0 Å². The number of hydrogen-bond acceptors (Lipinski definition) is 3. The van der Waals surface area contributed by atoms with Gasteiger partial charge in [-0.2, -0.15) is 0 Å². The second kappa shape index (κ2) is 7.10. The highest BCUT2D eigenvalue weighted by molar-refractivity contribution is 6.68. The SMILES string of the molecule is COc1ccc(C)c(CNC(=O)/C=C(/C)C(=N)Cl)c1C. The highest BCUT2D eigenvalue weighted by Crippen LogP contribution is 2.24. The number of carbonyl (C=O) groups is 1. The molecule has 1 rings (SSSR count). The fourth-order valence-corrected chi connectivity index (χ4v) is 1.90. The summed E-state index contributed by atoms with van der Waals surface area (Å²) in [6.45, 7) is 5.98. The molecule has 0 heterocycles. The lowest BCUT2D eigenvalue weighted by Crippen LogP contribution is -2.22. The van der Waals surface area contributed by atoms with Crippen molar-refractivity contribution in [2.45, 2.75) is 27.3 Å².